The summed E-state index contributed by atoms with van der Waals surface area (Å²) in [5, 5.41) is 8.91. The second-order valence-corrected chi connectivity index (χ2v) is 4.82. The molecule has 1 fully saturated rings. The third kappa shape index (κ3) is 2.38. The summed E-state index contributed by atoms with van der Waals surface area (Å²) in [7, 11) is 0. The molecule has 1 N–H and O–H groups in total. The van der Waals surface area contributed by atoms with Crippen molar-refractivity contribution in [1.29, 1.82) is 0 Å². The van der Waals surface area contributed by atoms with Gasteiger partial charge in [0.2, 0.25) is 0 Å². The van der Waals surface area contributed by atoms with E-state index in [1.165, 1.54) is 0 Å². The Morgan fingerprint density at radius 2 is 2.14 bits per heavy atom. The van der Waals surface area contributed by atoms with Crippen LogP contribution < -0.4 is 0 Å². The molecule has 0 spiro atoms. The molecule has 0 bridgehead atoms. The van der Waals surface area contributed by atoms with Gasteiger partial charge in [-0.25, -0.2) is 4.79 Å². The lowest BCUT2D eigenvalue weighted by Gasteiger charge is -2.45. The zero-order valence-electron chi connectivity index (χ0n) is 9.28. The van der Waals surface area contributed by atoms with Crippen molar-refractivity contribution in [2.45, 2.75) is 39.3 Å². The molecule has 2 atom stereocenters. The summed E-state index contributed by atoms with van der Waals surface area (Å²) in [6, 6.07) is 0.0925. The molecule has 0 radical (unpaired) electrons. The van der Waals surface area contributed by atoms with Gasteiger partial charge >= 0.3 is 6.09 Å². The summed E-state index contributed by atoms with van der Waals surface area (Å²) in [6.45, 7) is 8.21. The van der Waals surface area contributed by atoms with Gasteiger partial charge in [0.05, 0.1) is 0 Å². The molecule has 14 heavy (non-hydrogen) atoms. The molecule has 0 aliphatic carbocycles. The third-order valence-electron chi connectivity index (χ3n) is 2.47. The second-order valence-electron chi connectivity index (χ2n) is 4.82. The lowest BCUT2D eigenvalue weighted by molar-refractivity contribution is -0.0372. The van der Waals surface area contributed by atoms with Gasteiger partial charge in [0.25, 0.3) is 0 Å². The minimum absolute atomic E-state index is 0.0925. The van der Waals surface area contributed by atoms with Crippen molar-refractivity contribution in [2.24, 2.45) is 5.92 Å². The molecule has 1 rings (SSSR count). The fraction of sp³-hybridized carbons (Fsp3) is 0.900. The summed E-state index contributed by atoms with van der Waals surface area (Å²) in [5.41, 5.74) is -0.443. The predicted molar refractivity (Wildman–Crippen MR) is 53.0 cm³/mol. The number of hydrogen-bond donors (Lipinski definition) is 1. The Kier molecular flexibility index (Phi) is 3.04. The number of amides is 1. The maximum Gasteiger partial charge on any atom is 0.410 e. The molecule has 4 heteroatoms. The fourth-order valence-electron chi connectivity index (χ4n) is 1.46. The van der Waals surface area contributed by atoms with E-state index in [0.29, 0.717) is 6.54 Å². The monoisotopic (exact) mass is 201 g/mol. The number of hydrogen-bond acceptors (Lipinski definition) is 3. The van der Waals surface area contributed by atoms with Gasteiger partial charge in [-0.2, -0.15) is 0 Å². The molecular weight excluding hydrogens is 182 g/mol. The van der Waals surface area contributed by atoms with Crippen LogP contribution in [-0.2, 0) is 4.74 Å². The quantitative estimate of drug-likeness (QED) is 0.694. The van der Waals surface area contributed by atoms with E-state index in [1.807, 2.05) is 27.7 Å². The van der Waals surface area contributed by atoms with Crippen LogP contribution in [0.25, 0.3) is 0 Å². The minimum Gasteiger partial charge on any atom is -0.444 e. The standard InChI is InChI=1S/C10H19NO3/c1-7-8(6-12)5-11(7)9(13)14-10(2,3)4/h7-8,12H,5-6H2,1-4H3/t7-,8-/m0/s1. The van der Waals surface area contributed by atoms with Crippen LogP contribution in [0.4, 0.5) is 4.79 Å². The van der Waals surface area contributed by atoms with Crippen LogP contribution in [0.5, 0.6) is 0 Å². The number of aliphatic hydroxyl groups excluding tert-OH is 1. The Balaban J connectivity index is 2.42. The van der Waals surface area contributed by atoms with Gasteiger partial charge in [-0.05, 0) is 27.7 Å². The van der Waals surface area contributed by atoms with E-state index >= 15 is 0 Å². The molecule has 0 aromatic carbocycles. The molecular formula is C10H19NO3. The lowest BCUT2D eigenvalue weighted by Crippen LogP contribution is -2.59. The van der Waals surface area contributed by atoms with E-state index in [-0.39, 0.29) is 24.7 Å². The number of carbonyl (C=O) groups is 1. The van der Waals surface area contributed by atoms with Crippen molar-refractivity contribution in [3.63, 3.8) is 0 Å². The van der Waals surface area contributed by atoms with Crippen LogP contribution in [-0.4, -0.2) is 40.9 Å². The van der Waals surface area contributed by atoms with Gasteiger partial charge in [0.15, 0.2) is 0 Å². The normalized spacial score (nSPS) is 27.1. The van der Waals surface area contributed by atoms with Crippen molar-refractivity contribution in [1.82, 2.24) is 4.90 Å². The van der Waals surface area contributed by atoms with Gasteiger partial charge in [-0.3, -0.25) is 0 Å². The number of nitrogens with zero attached hydrogens (tertiary/aromatic N) is 1. The van der Waals surface area contributed by atoms with E-state index in [9.17, 15) is 4.79 Å². The highest BCUT2D eigenvalue weighted by Crippen LogP contribution is 2.25. The molecule has 1 amide bonds. The molecule has 1 aliphatic heterocycles. The van der Waals surface area contributed by atoms with Gasteiger partial charge in [-0.15, -0.1) is 0 Å². The third-order valence-corrected chi connectivity index (χ3v) is 2.47. The van der Waals surface area contributed by atoms with Crippen molar-refractivity contribution in [3.8, 4) is 0 Å². The van der Waals surface area contributed by atoms with Crippen molar-refractivity contribution in [3.05, 3.63) is 0 Å². The first kappa shape index (κ1) is 11.3. The van der Waals surface area contributed by atoms with Crippen molar-refractivity contribution < 1.29 is 14.6 Å². The van der Waals surface area contributed by atoms with Gasteiger partial charge < -0.3 is 14.7 Å². The highest BCUT2D eigenvalue weighted by molar-refractivity contribution is 5.69. The van der Waals surface area contributed by atoms with E-state index in [1.54, 1.807) is 4.90 Å². The van der Waals surface area contributed by atoms with Crippen LogP contribution in [0.3, 0.4) is 0 Å². The van der Waals surface area contributed by atoms with Crippen LogP contribution in [0.2, 0.25) is 0 Å². The van der Waals surface area contributed by atoms with E-state index in [2.05, 4.69) is 0 Å². The van der Waals surface area contributed by atoms with Gasteiger partial charge in [0, 0.05) is 25.1 Å². The number of ether oxygens (including phenoxy) is 1. The lowest BCUT2D eigenvalue weighted by atomic mass is 9.91. The molecule has 0 saturated carbocycles. The van der Waals surface area contributed by atoms with Gasteiger partial charge in [-0.1, -0.05) is 0 Å². The Hall–Kier alpha value is -0.770. The number of aliphatic hydroxyl groups is 1. The maximum absolute atomic E-state index is 11.5. The minimum atomic E-state index is -0.443. The Labute approximate surface area is 84.8 Å². The van der Waals surface area contributed by atoms with Crippen LogP contribution in [0.1, 0.15) is 27.7 Å². The molecule has 0 aromatic heterocycles. The summed E-state index contributed by atoms with van der Waals surface area (Å²) in [4.78, 5) is 13.2. The second kappa shape index (κ2) is 3.77. The first-order valence-corrected chi connectivity index (χ1v) is 4.95. The predicted octanol–water partition coefficient (Wildman–Crippen LogP) is 1.23. The summed E-state index contributed by atoms with van der Waals surface area (Å²) in [5.74, 6) is 0.211. The summed E-state index contributed by atoms with van der Waals surface area (Å²) >= 11 is 0. The summed E-state index contributed by atoms with van der Waals surface area (Å²) < 4.78 is 5.21. The van der Waals surface area contributed by atoms with Crippen LogP contribution in [0.15, 0.2) is 0 Å². The maximum atomic E-state index is 11.5. The number of rotatable bonds is 1. The highest BCUT2D eigenvalue weighted by Gasteiger charge is 2.40. The Morgan fingerprint density at radius 3 is 2.50 bits per heavy atom. The summed E-state index contributed by atoms with van der Waals surface area (Å²) in [6.07, 6.45) is -0.283. The number of carbonyl (C=O) groups excluding carboxylic acids is 1. The molecule has 1 aliphatic rings. The molecule has 1 heterocycles. The first-order valence-electron chi connectivity index (χ1n) is 4.95. The average molecular weight is 201 g/mol. The van der Waals surface area contributed by atoms with E-state index in [0.717, 1.165) is 0 Å². The van der Waals surface area contributed by atoms with Crippen LogP contribution >= 0.6 is 0 Å². The van der Waals surface area contributed by atoms with Crippen LogP contribution in [0, 0.1) is 5.92 Å². The highest BCUT2D eigenvalue weighted by atomic mass is 16.6. The molecule has 4 nitrogen and oxygen atoms in total. The fourth-order valence-corrected chi connectivity index (χ4v) is 1.46. The average Bonchev–Trinajstić information content (AvgIpc) is 1.99. The molecule has 0 aromatic rings. The molecule has 82 valence electrons. The molecule has 0 unspecified atom stereocenters. The van der Waals surface area contributed by atoms with Gasteiger partial charge in [0.1, 0.15) is 5.60 Å². The largest absolute Gasteiger partial charge is 0.444 e. The number of likely N-dealkylation sites (tertiary alicyclic amines) is 1. The smallest absolute Gasteiger partial charge is 0.410 e. The van der Waals surface area contributed by atoms with Crippen molar-refractivity contribution in [2.75, 3.05) is 13.2 Å². The Morgan fingerprint density at radius 1 is 1.57 bits per heavy atom. The molecule has 1 saturated heterocycles. The topological polar surface area (TPSA) is 49.8 Å². The zero-order chi connectivity index (χ0) is 10.9. The SMILES string of the molecule is C[C@H]1[C@H](CO)CN1C(=O)OC(C)(C)C. The Bertz CT molecular complexity index is 222. The van der Waals surface area contributed by atoms with E-state index < -0.39 is 5.60 Å². The van der Waals surface area contributed by atoms with E-state index in [4.69, 9.17) is 9.84 Å². The first-order chi connectivity index (χ1) is 6.35. The zero-order valence-corrected chi connectivity index (χ0v) is 9.28. The van der Waals surface area contributed by atoms with Crippen molar-refractivity contribution >= 4 is 6.09 Å².